The van der Waals surface area contributed by atoms with E-state index in [9.17, 15) is 9.90 Å². The molecule has 19 heavy (non-hydrogen) atoms. The van der Waals surface area contributed by atoms with E-state index in [1.165, 1.54) is 11.0 Å². The summed E-state index contributed by atoms with van der Waals surface area (Å²) < 4.78 is 5.19. The second kappa shape index (κ2) is 5.91. The van der Waals surface area contributed by atoms with Crippen LogP contribution in [0.4, 0.5) is 10.5 Å². The number of carbonyl (C=O) groups excluding carboxylic acids is 1. The Morgan fingerprint density at radius 2 is 1.89 bits per heavy atom. The van der Waals surface area contributed by atoms with Gasteiger partial charge in [-0.25, -0.2) is 4.79 Å². The van der Waals surface area contributed by atoms with Crippen molar-refractivity contribution < 1.29 is 14.6 Å². The molecule has 0 fully saturated rings. The van der Waals surface area contributed by atoms with Gasteiger partial charge in [0.2, 0.25) is 0 Å². The second-order valence-electron chi connectivity index (χ2n) is 4.12. The predicted molar refractivity (Wildman–Crippen MR) is 73.1 cm³/mol. The van der Waals surface area contributed by atoms with Gasteiger partial charge >= 0.3 is 6.09 Å². The zero-order chi connectivity index (χ0) is 13.7. The molecule has 0 atom stereocenters. The number of phenolic OH excluding ortho intramolecular Hbond substituents is 1. The summed E-state index contributed by atoms with van der Waals surface area (Å²) in [4.78, 5) is 13.2. The summed E-state index contributed by atoms with van der Waals surface area (Å²) in [6, 6.07) is 15.9. The maximum atomic E-state index is 11.9. The molecule has 0 aliphatic carbocycles. The molecule has 0 aromatic heterocycles. The molecule has 0 saturated carbocycles. The van der Waals surface area contributed by atoms with Gasteiger partial charge in [-0.2, -0.15) is 0 Å². The topological polar surface area (TPSA) is 49.8 Å². The minimum atomic E-state index is -0.463. The van der Waals surface area contributed by atoms with Crippen LogP contribution in [0.25, 0.3) is 0 Å². The third kappa shape index (κ3) is 3.48. The third-order valence-corrected chi connectivity index (χ3v) is 2.70. The van der Waals surface area contributed by atoms with Crippen LogP contribution < -0.4 is 4.90 Å². The number of hydrogen-bond acceptors (Lipinski definition) is 3. The zero-order valence-electron chi connectivity index (χ0n) is 10.6. The second-order valence-corrected chi connectivity index (χ2v) is 4.12. The lowest BCUT2D eigenvalue weighted by Crippen LogP contribution is -2.26. The molecule has 1 amide bonds. The molecule has 4 nitrogen and oxygen atoms in total. The number of carbonyl (C=O) groups is 1. The van der Waals surface area contributed by atoms with Crippen LogP contribution in [-0.2, 0) is 11.3 Å². The zero-order valence-corrected chi connectivity index (χ0v) is 10.6. The highest BCUT2D eigenvalue weighted by Crippen LogP contribution is 2.19. The van der Waals surface area contributed by atoms with Gasteiger partial charge in [-0.1, -0.05) is 36.4 Å². The largest absolute Gasteiger partial charge is 0.508 e. The van der Waals surface area contributed by atoms with E-state index >= 15 is 0 Å². The van der Waals surface area contributed by atoms with Crippen molar-refractivity contribution in [2.24, 2.45) is 0 Å². The molecule has 0 aliphatic heterocycles. The van der Waals surface area contributed by atoms with Gasteiger partial charge in [0.15, 0.2) is 0 Å². The number of phenols is 1. The van der Waals surface area contributed by atoms with Gasteiger partial charge in [0, 0.05) is 13.1 Å². The van der Waals surface area contributed by atoms with E-state index in [1.807, 2.05) is 30.3 Å². The number of anilines is 1. The number of amides is 1. The fourth-order valence-electron chi connectivity index (χ4n) is 1.62. The normalized spacial score (nSPS) is 9.95. The van der Waals surface area contributed by atoms with Crippen molar-refractivity contribution >= 4 is 11.8 Å². The number of rotatable bonds is 3. The third-order valence-electron chi connectivity index (χ3n) is 2.70. The van der Waals surface area contributed by atoms with Crippen molar-refractivity contribution in [1.82, 2.24) is 0 Å². The number of ether oxygens (including phenoxy) is 1. The van der Waals surface area contributed by atoms with E-state index in [0.29, 0.717) is 5.69 Å². The van der Waals surface area contributed by atoms with Crippen LogP contribution in [0.2, 0.25) is 0 Å². The SMILES string of the molecule is CN(C(=O)OCc1ccccc1)c1cccc(O)c1. The van der Waals surface area contributed by atoms with Gasteiger partial charge in [-0.05, 0) is 17.7 Å². The quantitative estimate of drug-likeness (QED) is 0.918. The van der Waals surface area contributed by atoms with E-state index in [1.54, 1.807) is 25.2 Å². The van der Waals surface area contributed by atoms with E-state index in [4.69, 9.17) is 4.74 Å². The van der Waals surface area contributed by atoms with Crippen LogP contribution in [0, 0.1) is 0 Å². The van der Waals surface area contributed by atoms with Crippen molar-refractivity contribution in [2.45, 2.75) is 6.61 Å². The fraction of sp³-hybridized carbons (Fsp3) is 0.133. The Labute approximate surface area is 111 Å². The summed E-state index contributed by atoms with van der Waals surface area (Å²) in [5.74, 6) is 0.111. The summed E-state index contributed by atoms with van der Waals surface area (Å²) in [6.07, 6.45) is -0.463. The summed E-state index contributed by atoms with van der Waals surface area (Å²) >= 11 is 0. The lowest BCUT2D eigenvalue weighted by atomic mass is 10.2. The van der Waals surface area contributed by atoms with Gasteiger partial charge in [-0.15, -0.1) is 0 Å². The predicted octanol–water partition coefficient (Wildman–Crippen LogP) is 3.17. The Hall–Kier alpha value is -2.49. The maximum Gasteiger partial charge on any atom is 0.414 e. The van der Waals surface area contributed by atoms with E-state index in [2.05, 4.69) is 0 Å². The first-order valence-electron chi connectivity index (χ1n) is 5.90. The number of nitrogens with zero attached hydrogens (tertiary/aromatic N) is 1. The lowest BCUT2D eigenvalue weighted by molar-refractivity contribution is 0.148. The van der Waals surface area contributed by atoms with Gasteiger partial charge in [0.05, 0.1) is 5.69 Å². The average Bonchev–Trinajstić information content (AvgIpc) is 2.45. The summed E-state index contributed by atoms with van der Waals surface area (Å²) in [5.41, 5.74) is 1.51. The molecule has 0 heterocycles. The molecular formula is C15H15NO3. The number of hydrogen-bond donors (Lipinski definition) is 1. The smallest absolute Gasteiger partial charge is 0.414 e. The van der Waals surface area contributed by atoms with E-state index in [-0.39, 0.29) is 12.4 Å². The molecule has 0 bridgehead atoms. The van der Waals surface area contributed by atoms with Crippen LogP contribution in [0.3, 0.4) is 0 Å². The first-order valence-corrected chi connectivity index (χ1v) is 5.90. The van der Waals surface area contributed by atoms with Crippen LogP contribution in [0.15, 0.2) is 54.6 Å². The molecule has 2 aromatic rings. The molecule has 0 unspecified atom stereocenters. The molecule has 0 radical (unpaired) electrons. The van der Waals surface area contributed by atoms with Crippen molar-refractivity contribution in [3.8, 4) is 5.75 Å². The van der Waals surface area contributed by atoms with Crippen LogP contribution in [0.1, 0.15) is 5.56 Å². The van der Waals surface area contributed by atoms with Gasteiger partial charge in [-0.3, -0.25) is 4.90 Å². The van der Waals surface area contributed by atoms with E-state index < -0.39 is 6.09 Å². The number of benzene rings is 2. The fourth-order valence-corrected chi connectivity index (χ4v) is 1.62. The summed E-state index contributed by atoms with van der Waals surface area (Å²) in [5, 5.41) is 9.37. The molecule has 0 spiro atoms. The molecule has 0 aliphatic rings. The van der Waals surface area contributed by atoms with Gasteiger partial charge in [0.1, 0.15) is 12.4 Å². The molecule has 2 aromatic carbocycles. The van der Waals surface area contributed by atoms with E-state index in [0.717, 1.165) is 5.56 Å². The van der Waals surface area contributed by atoms with Crippen molar-refractivity contribution in [1.29, 1.82) is 0 Å². The Morgan fingerprint density at radius 3 is 2.58 bits per heavy atom. The lowest BCUT2D eigenvalue weighted by Gasteiger charge is -2.17. The number of aromatic hydroxyl groups is 1. The molecule has 4 heteroatoms. The Morgan fingerprint density at radius 1 is 1.16 bits per heavy atom. The molecule has 2 rings (SSSR count). The first-order chi connectivity index (χ1) is 9.16. The highest BCUT2D eigenvalue weighted by atomic mass is 16.6. The standard InChI is InChI=1S/C15H15NO3/c1-16(13-8-5-9-14(17)10-13)15(18)19-11-12-6-3-2-4-7-12/h2-10,17H,11H2,1H3. The van der Waals surface area contributed by atoms with Gasteiger partial charge in [0.25, 0.3) is 0 Å². The summed E-state index contributed by atoms with van der Waals surface area (Å²) in [7, 11) is 1.60. The van der Waals surface area contributed by atoms with Crippen molar-refractivity contribution in [2.75, 3.05) is 11.9 Å². The first kappa shape index (κ1) is 13.0. The van der Waals surface area contributed by atoms with Crippen molar-refractivity contribution in [3.05, 3.63) is 60.2 Å². The molecule has 98 valence electrons. The van der Waals surface area contributed by atoms with Crippen LogP contribution in [0.5, 0.6) is 5.75 Å². The summed E-state index contributed by atoms with van der Waals surface area (Å²) in [6.45, 7) is 0.225. The highest BCUT2D eigenvalue weighted by Gasteiger charge is 2.12. The minimum absolute atomic E-state index is 0.111. The van der Waals surface area contributed by atoms with Crippen LogP contribution in [-0.4, -0.2) is 18.2 Å². The molecule has 1 N–H and O–H groups in total. The van der Waals surface area contributed by atoms with Crippen molar-refractivity contribution in [3.63, 3.8) is 0 Å². The molecular weight excluding hydrogens is 242 g/mol. The molecule has 0 saturated heterocycles. The van der Waals surface area contributed by atoms with Gasteiger partial charge < -0.3 is 9.84 Å². The maximum absolute atomic E-state index is 11.9. The Bertz CT molecular complexity index is 554. The minimum Gasteiger partial charge on any atom is -0.508 e. The van der Waals surface area contributed by atoms with Crippen LogP contribution >= 0.6 is 0 Å². The Kier molecular flexibility index (Phi) is 4.03. The highest BCUT2D eigenvalue weighted by molar-refractivity contribution is 5.87. The average molecular weight is 257 g/mol. The Balaban J connectivity index is 1.96. The monoisotopic (exact) mass is 257 g/mol.